The van der Waals surface area contributed by atoms with Crippen LogP contribution >= 0.6 is 0 Å². The Labute approximate surface area is 89.5 Å². The van der Waals surface area contributed by atoms with E-state index in [1.807, 2.05) is 19.3 Å². The predicted octanol–water partition coefficient (Wildman–Crippen LogP) is -0.593. The maximum absolute atomic E-state index is 9.30. The van der Waals surface area contributed by atoms with E-state index in [-0.39, 0.29) is 18.7 Å². The third kappa shape index (κ3) is 2.04. The van der Waals surface area contributed by atoms with Crippen LogP contribution in [0.25, 0.3) is 0 Å². The van der Waals surface area contributed by atoms with Crippen LogP contribution in [0.4, 0.5) is 0 Å². The second kappa shape index (κ2) is 4.30. The lowest BCUT2D eigenvalue weighted by molar-refractivity contribution is 0.0833. The highest BCUT2D eigenvalue weighted by atomic mass is 16.3. The lowest BCUT2D eigenvalue weighted by Gasteiger charge is -2.35. The molecule has 0 radical (unpaired) electrons. The molecule has 84 valence electrons. The summed E-state index contributed by atoms with van der Waals surface area (Å²) in [5.74, 6) is 1.06. The summed E-state index contributed by atoms with van der Waals surface area (Å²) in [5.41, 5.74) is 5.84. The Hall–Kier alpha value is -0.910. The summed E-state index contributed by atoms with van der Waals surface area (Å²) in [5, 5.41) is 9.30. The summed E-state index contributed by atoms with van der Waals surface area (Å²) in [4.78, 5) is 6.48. The lowest BCUT2D eigenvalue weighted by Crippen LogP contribution is -2.51. The summed E-state index contributed by atoms with van der Waals surface area (Å²) >= 11 is 0. The number of nitrogens with two attached hydrogens (primary N) is 1. The summed E-state index contributed by atoms with van der Waals surface area (Å²) in [6.07, 6.45) is 3.81. The predicted molar refractivity (Wildman–Crippen MR) is 57.2 cm³/mol. The van der Waals surface area contributed by atoms with E-state index >= 15 is 0 Å². The second-order valence-electron chi connectivity index (χ2n) is 4.12. The quantitative estimate of drug-likeness (QED) is 0.699. The van der Waals surface area contributed by atoms with Gasteiger partial charge in [-0.1, -0.05) is 0 Å². The molecule has 2 heterocycles. The Morgan fingerprint density at radius 1 is 1.60 bits per heavy atom. The van der Waals surface area contributed by atoms with Crippen molar-refractivity contribution in [2.75, 3.05) is 13.2 Å². The molecular formula is C10H18N4O. The van der Waals surface area contributed by atoms with Gasteiger partial charge in [-0.05, 0) is 6.92 Å². The molecule has 5 heteroatoms. The monoisotopic (exact) mass is 210 g/mol. The zero-order valence-electron chi connectivity index (χ0n) is 9.00. The summed E-state index contributed by atoms with van der Waals surface area (Å²) < 4.78 is 2.14. The molecule has 0 saturated carbocycles. The van der Waals surface area contributed by atoms with Gasteiger partial charge in [-0.3, -0.25) is 4.90 Å². The van der Waals surface area contributed by atoms with Crippen molar-refractivity contribution in [2.24, 2.45) is 5.73 Å². The minimum atomic E-state index is -0.0171. The summed E-state index contributed by atoms with van der Waals surface area (Å²) in [6.45, 7) is 4.68. The maximum Gasteiger partial charge on any atom is 0.122 e. The van der Waals surface area contributed by atoms with Crippen LogP contribution in [-0.2, 0) is 13.1 Å². The largest absolute Gasteiger partial charge is 0.395 e. The molecule has 2 atom stereocenters. The number of hydrogen-bond acceptors (Lipinski definition) is 4. The van der Waals surface area contributed by atoms with Crippen molar-refractivity contribution in [3.05, 3.63) is 18.2 Å². The second-order valence-corrected chi connectivity index (χ2v) is 4.12. The molecular weight excluding hydrogens is 192 g/mol. The van der Waals surface area contributed by atoms with Crippen LogP contribution < -0.4 is 5.73 Å². The van der Waals surface area contributed by atoms with Gasteiger partial charge in [0.15, 0.2) is 0 Å². The zero-order valence-corrected chi connectivity index (χ0v) is 9.00. The summed E-state index contributed by atoms with van der Waals surface area (Å²) in [7, 11) is 0. The van der Waals surface area contributed by atoms with Gasteiger partial charge in [0.25, 0.3) is 0 Å². The first kappa shape index (κ1) is 10.6. The maximum atomic E-state index is 9.30. The van der Waals surface area contributed by atoms with Crippen molar-refractivity contribution >= 4 is 0 Å². The topological polar surface area (TPSA) is 67.3 Å². The standard InChI is InChI=1S/C10H18N4O/c1-8(11)9(7-15)14-5-4-13-3-2-12-10(13)6-14/h2-3,8-9,15H,4-7,11H2,1H3. The first-order valence-corrected chi connectivity index (χ1v) is 5.33. The van der Waals surface area contributed by atoms with Crippen LogP contribution in [0.15, 0.2) is 12.4 Å². The van der Waals surface area contributed by atoms with Crippen LogP contribution in [0.2, 0.25) is 0 Å². The van der Waals surface area contributed by atoms with Crippen molar-refractivity contribution in [1.29, 1.82) is 0 Å². The molecule has 1 aromatic heterocycles. The number of imidazole rings is 1. The van der Waals surface area contributed by atoms with E-state index in [0.29, 0.717) is 0 Å². The fourth-order valence-electron chi connectivity index (χ4n) is 2.09. The Morgan fingerprint density at radius 2 is 2.40 bits per heavy atom. The number of fused-ring (bicyclic) bond motifs is 1. The summed E-state index contributed by atoms with van der Waals surface area (Å²) in [6, 6.07) is 0.0203. The van der Waals surface area contributed by atoms with Crippen molar-refractivity contribution < 1.29 is 5.11 Å². The van der Waals surface area contributed by atoms with Gasteiger partial charge in [-0.15, -0.1) is 0 Å². The number of aliphatic hydroxyl groups excluding tert-OH is 1. The highest BCUT2D eigenvalue weighted by Gasteiger charge is 2.25. The molecule has 0 amide bonds. The highest BCUT2D eigenvalue weighted by Crippen LogP contribution is 2.14. The Kier molecular flexibility index (Phi) is 3.04. The van der Waals surface area contributed by atoms with E-state index in [9.17, 15) is 5.11 Å². The third-order valence-corrected chi connectivity index (χ3v) is 3.04. The van der Waals surface area contributed by atoms with Gasteiger partial charge in [0.1, 0.15) is 5.82 Å². The molecule has 1 aliphatic rings. The average Bonchev–Trinajstić information content (AvgIpc) is 2.65. The molecule has 0 bridgehead atoms. The van der Waals surface area contributed by atoms with Crippen LogP contribution in [0, 0.1) is 0 Å². The fourth-order valence-corrected chi connectivity index (χ4v) is 2.09. The zero-order chi connectivity index (χ0) is 10.8. The SMILES string of the molecule is CC(N)C(CO)N1CCn2ccnc2C1. The first-order chi connectivity index (χ1) is 7.22. The van der Waals surface area contributed by atoms with E-state index in [4.69, 9.17) is 5.73 Å². The van der Waals surface area contributed by atoms with Gasteiger partial charge in [-0.2, -0.15) is 0 Å². The van der Waals surface area contributed by atoms with E-state index < -0.39 is 0 Å². The van der Waals surface area contributed by atoms with Crippen LogP contribution in [0.1, 0.15) is 12.7 Å². The number of hydrogen-bond donors (Lipinski definition) is 2. The molecule has 0 aliphatic carbocycles. The molecule has 3 N–H and O–H groups in total. The van der Waals surface area contributed by atoms with Gasteiger partial charge in [-0.25, -0.2) is 4.98 Å². The number of aliphatic hydroxyl groups is 1. The minimum absolute atomic E-state index is 0.0171. The molecule has 2 rings (SSSR count). The van der Waals surface area contributed by atoms with E-state index in [2.05, 4.69) is 14.5 Å². The van der Waals surface area contributed by atoms with Gasteiger partial charge in [0.2, 0.25) is 0 Å². The molecule has 0 aromatic carbocycles. The van der Waals surface area contributed by atoms with Crippen molar-refractivity contribution in [3.63, 3.8) is 0 Å². The van der Waals surface area contributed by atoms with E-state index in [1.54, 1.807) is 0 Å². The highest BCUT2D eigenvalue weighted by molar-refractivity contribution is 4.97. The lowest BCUT2D eigenvalue weighted by atomic mass is 10.1. The Bertz CT molecular complexity index is 323. The molecule has 1 aliphatic heterocycles. The van der Waals surface area contributed by atoms with E-state index in [1.165, 1.54) is 0 Å². The normalized spacial score (nSPS) is 21.0. The van der Waals surface area contributed by atoms with E-state index in [0.717, 1.165) is 25.5 Å². The molecule has 0 spiro atoms. The van der Waals surface area contributed by atoms with Gasteiger partial charge < -0.3 is 15.4 Å². The van der Waals surface area contributed by atoms with Gasteiger partial charge in [0.05, 0.1) is 13.2 Å². The first-order valence-electron chi connectivity index (χ1n) is 5.33. The van der Waals surface area contributed by atoms with Crippen LogP contribution in [-0.4, -0.2) is 44.8 Å². The third-order valence-electron chi connectivity index (χ3n) is 3.04. The number of aromatic nitrogens is 2. The average molecular weight is 210 g/mol. The Balaban J connectivity index is 2.08. The molecule has 5 nitrogen and oxygen atoms in total. The van der Waals surface area contributed by atoms with Crippen molar-refractivity contribution in [1.82, 2.24) is 14.5 Å². The van der Waals surface area contributed by atoms with Crippen LogP contribution in [0.5, 0.6) is 0 Å². The Morgan fingerprint density at radius 3 is 3.07 bits per heavy atom. The van der Waals surface area contributed by atoms with Crippen LogP contribution in [0.3, 0.4) is 0 Å². The molecule has 2 unspecified atom stereocenters. The number of rotatable bonds is 3. The molecule has 1 aromatic rings. The van der Waals surface area contributed by atoms with Crippen molar-refractivity contribution in [3.8, 4) is 0 Å². The fraction of sp³-hybridized carbons (Fsp3) is 0.700. The molecule has 0 saturated heterocycles. The molecule has 0 fully saturated rings. The van der Waals surface area contributed by atoms with Crippen molar-refractivity contribution in [2.45, 2.75) is 32.1 Å². The minimum Gasteiger partial charge on any atom is -0.395 e. The molecule has 15 heavy (non-hydrogen) atoms. The van der Waals surface area contributed by atoms with Gasteiger partial charge in [0, 0.05) is 37.6 Å². The van der Waals surface area contributed by atoms with Gasteiger partial charge >= 0.3 is 0 Å². The smallest absolute Gasteiger partial charge is 0.122 e. The number of nitrogens with zero attached hydrogens (tertiary/aromatic N) is 3.